The lowest BCUT2D eigenvalue weighted by Gasteiger charge is -2.52. The van der Waals surface area contributed by atoms with Crippen LogP contribution < -0.4 is 0 Å². The van der Waals surface area contributed by atoms with Gasteiger partial charge >= 0.3 is 11.9 Å². The molecule has 178 valence electrons. The van der Waals surface area contributed by atoms with E-state index in [1.54, 1.807) is 0 Å². The first kappa shape index (κ1) is 26.1. The maximum Gasteiger partial charge on any atom is 0.338 e. The smallest absolute Gasteiger partial charge is 0.338 e. The fourth-order valence-electron chi connectivity index (χ4n) is 5.27. The molecule has 3 atom stereocenters. The Kier molecular flexibility index (Phi) is 8.33. The van der Waals surface area contributed by atoms with Gasteiger partial charge in [-0.15, -0.1) is 0 Å². The maximum atomic E-state index is 12.6. The highest BCUT2D eigenvalue weighted by atomic mass is 16.5. The zero-order valence-corrected chi connectivity index (χ0v) is 21.0. The molecule has 0 bridgehead atoms. The van der Waals surface area contributed by atoms with Gasteiger partial charge in [0.2, 0.25) is 0 Å². The molecule has 0 saturated heterocycles. The van der Waals surface area contributed by atoms with Crippen molar-refractivity contribution in [1.82, 2.24) is 0 Å². The highest BCUT2D eigenvalue weighted by Crippen LogP contribution is 2.51. The van der Waals surface area contributed by atoms with Gasteiger partial charge in [0.25, 0.3) is 0 Å². The van der Waals surface area contributed by atoms with Crippen LogP contribution in [-0.2, 0) is 14.3 Å². The summed E-state index contributed by atoms with van der Waals surface area (Å²) < 4.78 is 10.9. The first-order valence-electron chi connectivity index (χ1n) is 11.5. The van der Waals surface area contributed by atoms with E-state index in [0.29, 0.717) is 17.9 Å². The van der Waals surface area contributed by atoms with E-state index in [1.165, 1.54) is 6.92 Å². The van der Waals surface area contributed by atoms with Crippen molar-refractivity contribution in [2.75, 3.05) is 13.2 Å². The number of rotatable bonds is 7. The lowest BCUT2D eigenvalue weighted by atomic mass is 9.56. The molecular weight excluding hydrogens is 404 g/mol. The van der Waals surface area contributed by atoms with Gasteiger partial charge in [0.05, 0.1) is 17.8 Å². The summed E-state index contributed by atoms with van der Waals surface area (Å²) >= 11 is 0. The van der Waals surface area contributed by atoms with Gasteiger partial charge in [-0.3, -0.25) is 4.79 Å². The monoisotopic (exact) mass is 444 g/mol. The first-order valence-corrected chi connectivity index (χ1v) is 11.5. The molecule has 1 fully saturated rings. The Balaban J connectivity index is 2.02. The summed E-state index contributed by atoms with van der Waals surface area (Å²) in [6.07, 6.45) is 4.52. The van der Waals surface area contributed by atoms with Crippen LogP contribution in [-0.4, -0.2) is 35.9 Å². The van der Waals surface area contributed by atoms with Gasteiger partial charge in [-0.25, -0.2) is 4.79 Å². The van der Waals surface area contributed by atoms with Crippen LogP contribution in [0, 0.1) is 38.0 Å². The molecule has 1 aromatic rings. The van der Waals surface area contributed by atoms with E-state index >= 15 is 0 Å². The minimum atomic E-state index is -0.868. The molecule has 5 nitrogen and oxygen atoms in total. The number of benzene rings is 1. The number of ether oxygens (including phenoxy) is 2. The van der Waals surface area contributed by atoms with E-state index in [1.807, 2.05) is 46.8 Å². The van der Waals surface area contributed by atoms with Crippen LogP contribution in [0.15, 0.2) is 23.8 Å². The van der Waals surface area contributed by atoms with E-state index in [-0.39, 0.29) is 36.5 Å². The minimum Gasteiger partial charge on any atom is -0.465 e. The Morgan fingerprint density at radius 1 is 1.09 bits per heavy atom. The SMILES string of the molecule is CC(=O)OC[C@H]1C(C)(C)[C@@H](C/C=C(\C)COC(=O)c2c(C)cc(C)cc2C)CC[C@]1(C)O. The summed E-state index contributed by atoms with van der Waals surface area (Å²) in [5, 5.41) is 10.9. The second-order valence-corrected chi connectivity index (χ2v) is 10.4. The van der Waals surface area contributed by atoms with E-state index in [0.717, 1.165) is 35.1 Å². The van der Waals surface area contributed by atoms with Gasteiger partial charge in [-0.05, 0) is 81.9 Å². The Morgan fingerprint density at radius 2 is 1.69 bits per heavy atom. The first-order chi connectivity index (χ1) is 14.8. The second kappa shape index (κ2) is 10.2. The van der Waals surface area contributed by atoms with Crippen molar-refractivity contribution in [3.05, 3.63) is 46.0 Å². The van der Waals surface area contributed by atoms with Crippen molar-refractivity contribution in [1.29, 1.82) is 0 Å². The zero-order chi connectivity index (χ0) is 24.3. The highest BCUT2D eigenvalue weighted by molar-refractivity contribution is 5.92. The van der Waals surface area contributed by atoms with Crippen molar-refractivity contribution in [2.45, 2.75) is 80.3 Å². The van der Waals surface area contributed by atoms with Gasteiger partial charge in [-0.2, -0.15) is 0 Å². The Labute approximate surface area is 193 Å². The van der Waals surface area contributed by atoms with Gasteiger partial charge in [0.1, 0.15) is 6.61 Å². The predicted molar refractivity (Wildman–Crippen MR) is 127 cm³/mol. The normalized spacial score (nSPS) is 25.3. The molecule has 1 aliphatic carbocycles. The van der Waals surface area contributed by atoms with E-state index in [4.69, 9.17) is 9.47 Å². The molecule has 32 heavy (non-hydrogen) atoms. The van der Waals surface area contributed by atoms with E-state index in [2.05, 4.69) is 19.9 Å². The maximum absolute atomic E-state index is 12.6. The fraction of sp³-hybridized carbons (Fsp3) is 0.630. The number of hydrogen-bond donors (Lipinski definition) is 1. The van der Waals surface area contributed by atoms with E-state index in [9.17, 15) is 14.7 Å². The zero-order valence-electron chi connectivity index (χ0n) is 21.0. The van der Waals surface area contributed by atoms with Gasteiger partial charge in [0, 0.05) is 12.8 Å². The molecule has 0 aromatic heterocycles. The molecule has 1 saturated carbocycles. The number of aryl methyl sites for hydroxylation is 3. The van der Waals surface area contributed by atoms with Gasteiger partial charge in [0.15, 0.2) is 0 Å². The Hall–Kier alpha value is -2.14. The largest absolute Gasteiger partial charge is 0.465 e. The summed E-state index contributed by atoms with van der Waals surface area (Å²) in [5.74, 6) is -0.425. The second-order valence-electron chi connectivity index (χ2n) is 10.4. The number of aliphatic hydroxyl groups is 1. The third kappa shape index (κ3) is 6.22. The predicted octanol–water partition coefficient (Wildman–Crippen LogP) is 5.47. The molecule has 1 aromatic carbocycles. The minimum absolute atomic E-state index is 0.142. The third-order valence-electron chi connectivity index (χ3n) is 7.22. The molecule has 0 aliphatic heterocycles. The topological polar surface area (TPSA) is 72.8 Å². The van der Waals surface area contributed by atoms with Crippen molar-refractivity contribution in [2.24, 2.45) is 17.3 Å². The van der Waals surface area contributed by atoms with Crippen LogP contribution in [0.1, 0.15) is 80.9 Å². The third-order valence-corrected chi connectivity index (χ3v) is 7.22. The number of carbonyl (C=O) groups is 2. The quantitative estimate of drug-likeness (QED) is 0.446. The lowest BCUT2D eigenvalue weighted by Crippen LogP contribution is -2.53. The number of carbonyl (C=O) groups excluding carboxylic acids is 2. The van der Waals surface area contributed by atoms with Crippen molar-refractivity contribution in [3.8, 4) is 0 Å². The van der Waals surface area contributed by atoms with Crippen molar-refractivity contribution < 1.29 is 24.2 Å². The van der Waals surface area contributed by atoms with Crippen molar-refractivity contribution in [3.63, 3.8) is 0 Å². The average molecular weight is 445 g/mol. The van der Waals surface area contributed by atoms with Crippen LogP contribution in [0.4, 0.5) is 0 Å². The summed E-state index contributed by atoms with van der Waals surface area (Å²) in [6.45, 7) is 15.9. The molecule has 1 N–H and O–H groups in total. The lowest BCUT2D eigenvalue weighted by molar-refractivity contribution is -0.161. The molecule has 0 radical (unpaired) electrons. The van der Waals surface area contributed by atoms with Crippen LogP contribution in [0.5, 0.6) is 0 Å². The number of hydrogen-bond acceptors (Lipinski definition) is 5. The molecule has 2 rings (SSSR count). The average Bonchev–Trinajstić information content (AvgIpc) is 2.63. The summed E-state index contributed by atoms with van der Waals surface area (Å²) in [7, 11) is 0. The summed E-state index contributed by atoms with van der Waals surface area (Å²) in [4.78, 5) is 24.0. The van der Waals surface area contributed by atoms with Crippen molar-refractivity contribution >= 4 is 11.9 Å². The molecule has 0 unspecified atom stereocenters. The van der Waals surface area contributed by atoms with Gasteiger partial charge < -0.3 is 14.6 Å². The molecule has 1 aliphatic rings. The summed E-state index contributed by atoms with van der Waals surface area (Å²) in [5.41, 5.74) is 3.58. The molecule has 5 heteroatoms. The molecule has 0 spiro atoms. The van der Waals surface area contributed by atoms with Crippen LogP contribution in [0.2, 0.25) is 0 Å². The van der Waals surface area contributed by atoms with Crippen LogP contribution in [0.3, 0.4) is 0 Å². The molecular formula is C27H40O5. The standard InChI is InChI=1S/C27H40O5/c1-17(15-32-25(29)24-19(3)13-18(2)14-20(24)4)9-10-22-11-12-27(8,30)23(26(22,6)7)16-31-21(5)28/h9,13-14,22-23,30H,10-12,15-16H2,1-8H3/b17-9+/t22-,23-,27-/m0/s1. The summed E-state index contributed by atoms with van der Waals surface area (Å²) in [6, 6.07) is 4.00. The number of allylic oxidation sites excluding steroid dienone is 1. The number of esters is 2. The Bertz CT molecular complexity index is 855. The van der Waals surface area contributed by atoms with E-state index < -0.39 is 5.60 Å². The fourth-order valence-corrected chi connectivity index (χ4v) is 5.27. The molecule has 0 heterocycles. The van der Waals surface area contributed by atoms with Crippen LogP contribution >= 0.6 is 0 Å². The highest BCUT2D eigenvalue weighted by Gasteiger charge is 2.50. The molecule has 0 amide bonds. The van der Waals surface area contributed by atoms with Gasteiger partial charge in [-0.1, -0.05) is 37.6 Å². The van der Waals surface area contributed by atoms with Crippen LogP contribution in [0.25, 0.3) is 0 Å². The Morgan fingerprint density at radius 3 is 2.25 bits per heavy atom.